The Kier molecular flexibility index (Phi) is 4.30. The Morgan fingerprint density at radius 3 is 2.80 bits per heavy atom. The summed E-state index contributed by atoms with van der Waals surface area (Å²) in [6.45, 7) is 4.18. The van der Waals surface area contributed by atoms with Crippen molar-refractivity contribution in [2.75, 3.05) is 5.32 Å². The molecule has 0 fully saturated rings. The van der Waals surface area contributed by atoms with Crippen LogP contribution in [0.3, 0.4) is 0 Å². The fourth-order valence-electron chi connectivity index (χ4n) is 4.09. The first-order valence-corrected chi connectivity index (χ1v) is 10.1. The van der Waals surface area contributed by atoms with Crippen LogP contribution in [0.15, 0.2) is 43.0 Å². The Labute approximate surface area is 181 Å². The number of anilines is 1. The molecule has 4 aromatic heterocycles. The average molecular weight is 442 g/mol. The van der Waals surface area contributed by atoms with Gasteiger partial charge in [-0.2, -0.15) is 10.2 Å². The van der Waals surface area contributed by atoms with Gasteiger partial charge in [-0.25, -0.2) is 19.2 Å². The van der Waals surface area contributed by atoms with Gasteiger partial charge in [0.05, 0.1) is 28.5 Å². The van der Waals surface area contributed by atoms with E-state index in [1.54, 1.807) is 52.2 Å². The van der Waals surface area contributed by atoms with E-state index in [-0.39, 0.29) is 17.2 Å². The number of rotatable bonds is 3. The fourth-order valence-corrected chi connectivity index (χ4v) is 4.52. The average Bonchev–Trinajstić information content (AvgIpc) is 3.39. The summed E-state index contributed by atoms with van der Waals surface area (Å²) in [5.74, 6) is -0.0282. The van der Waals surface area contributed by atoms with Gasteiger partial charge < -0.3 is 5.32 Å². The number of carbonyl (C=O) groups excluding carboxylic acids is 1. The largest absolute Gasteiger partial charge is 0.324 e. The van der Waals surface area contributed by atoms with Gasteiger partial charge >= 0.3 is 0 Å². The molecule has 0 saturated carbocycles. The summed E-state index contributed by atoms with van der Waals surface area (Å²) in [4.78, 5) is 21.9. The first kappa shape index (κ1) is 19.0. The molecule has 0 unspecified atom stereocenters. The molecule has 0 radical (unpaired) electrons. The summed E-state index contributed by atoms with van der Waals surface area (Å²) in [5, 5.41) is 12.2. The minimum absolute atomic E-state index is 0.147. The summed E-state index contributed by atoms with van der Waals surface area (Å²) in [6, 6.07) is 5.16. The van der Waals surface area contributed by atoms with Crippen molar-refractivity contribution in [3.05, 3.63) is 64.4 Å². The Morgan fingerprint density at radius 2 is 2.07 bits per heavy atom. The Balaban J connectivity index is 1.46. The zero-order valence-corrected chi connectivity index (χ0v) is 17.7. The van der Waals surface area contributed by atoms with E-state index in [1.165, 1.54) is 0 Å². The SMILES string of the molecule is CC1(C)C[C@@H](C(=O)Nc2cnc(-n3cccn3)c(Cl)c2)c2cnc3cc(Cl)nn3c21. The van der Waals surface area contributed by atoms with Crippen LogP contribution in [0.1, 0.15) is 37.4 Å². The number of pyridine rings is 1. The maximum atomic E-state index is 13.1. The number of hydrogen-bond acceptors (Lipinski definition) is 5. The molecule has 0 aromatic carbocycles. The summed E-state index contributed by atoms with van der Waals surface area (Å²) in [5.41, 5.74) is 2.71. The van der Waals surface area contributed by atoms with E-state index in [1.807, 2.05) is 0 Å². The number of hydrogen-bond donors (Lipinski definition) is 1. The van der Waals surface area contributed by atoms with Crippen molar-refractivity contribution in [3.8, 4) is 5.82 Å². The van der Waals surface area contributed by atoms with Crippen LogP contribution in [-0.4, -0.2) is 35.3 Å². The summed E-state index contributed by atoms with van der Waals surface area (Å²) >= 11 is 12.4. The van der Waals surface area contributed by atoms with Crippen molar-refractivity contribution in [2.45, 2.75) is 31.6 Å². The minimum atomic E-state index is -0.376. The number of carbonyl (C=O) groups is 1. The van der Waals surface area contributed by atoms with Crippen LogP contribution >= 0.6 is 23.2 Å². The van der Waals surface area contributed by atoms with Gasteiger partial charge in [-0.05, 0) is 18.6 Å². The molecule has 30 heavy (non-hydrogen) atoms. The topological polar surface area (TPSA) is 90.0 Å². The van der Waals surface area contributed by atoms with Gasteiger partial charge in [-0.1, -0.05) is 37.0 Å². The van der Waals surface area contributed by atoms with E-state index in [0.29, 0.717) is 33.7 Å². The van der Waals surface area contributed by atoms with E-state index in [2.05, 4.69) is 39.3 Å². The lowest BCUT2D eigenvalue weighted by Crippen LogP contribution is -2.21. The maximum absolute atomic E-state index is 13.1. The van der Waals surface area contributed by atoms with Crippen molar-refractivity contribution in [2.24, 2.45) is 0 Å². The first-order valence-electron chi connectivity index (χ1n) is 9.34. The van der Waals surface area contributed by atoms with Crippen LogP contribution in [-0.2, 0) is 10.2 Å². The predicted octanol–water partition coefficient (Wildman–Crippen LogP) is 4.02. The number of amides is 1. The fraction of sp³-hybridized carbons (Fsp3) is 0.250. The van der Waals surface area contributed by atoms with Gasteiger partial charge in [0.15, 0.2) is 16.6 Å². The number of fused-ring (bicyclic) bond motifs is 3. The molecular weight excluding hydrogens is 425 g/mol. The van der Waals surface area contributed by atoms with Crippen LogP contribution < -0.4 is 5.32 Å². The quantitative estimate of drug-likeness (QED) is 0.518. The van der Waals surface area contributed by atoms with Gasteiger partial charge in [0.25, 0.3) is 0 Å². The van der Waals surface area contributed by atoms with Crippen molar-refractivity contribution in [3.63, 3.8) is 0 Å². The van der Waals surface area contributed by atoms with E-state index >= 15 is 0 Å². The molecule has 0 spiro atoms. The van der Waals surface area contributed by atoms with E-state index in [0.717, 1.165) is 11.3 Å². The lowest BCUT2D eigenvalue weighted by atomic mass is 9.88. The molecule has 4 aromatic rings. The van der Waals surface area contributed by atoms with Crippen molar-refractivity contribution >= 4 is 40.4 Å². The van der Waals surface area contributed by atoms with Crippen LogP contribution in [0.25, 0.3) is 11.5 Å². The van der Waals surface area contributed by atoms with Crippen LogP contribution in [0.4, 0.5) is 5.69 Å². The van der Waals surface area contributed by atoms with Crippen molar-refractivity contribution in [1.29, 1.82) is 0 Å². The second-order valence-electron chi connectivity index (χ2n) is 7.91. The molecule has 1 amide bonds. The highest BCUT2D eigenvalue weighted by Crippen LogP contribution is 2.46. The second kappa shape index (κ2) is 6.78. The van der Waals surface area contributed by atoms with Crippen molar-refractivity contribution in [1.82, 2.24) is 29.4 Å². The second-order valence-corrected chi connectivity index (χ2v) is 8.70. The third-order valence-electron chi connectivity index (χ3n) is 5.34. The zero-order valence-electron chi connectivity index (χ0n) is 16.2. The van der Waals surface area contributed by atoms with Crippen LogP contribution in [0.5, 0.6) is 0 Å². The van der Waals surface area contributed by atoms with Crippen molar-refractivity contribution < 1.29 is 4.79 Å². The third-order valence-corrected chi connectivity index (χ3v) is 5.80. The van der Waals surface area contributed by atoms with Gasteiger partial charge in [-0.15, -0.1) is 0 Å². The lowest BCUT2D eigenvalue weighted by Gasteiger charge is -2.19. The van der Waals surface area contributed by atoms with E-state index in [4.69, 9.17) is 23.2 Å². The van der Waals surface area contributed by atoms with Crippen LogP contribution in [0.2, 0.25) is 10.2 Å². The van der Waals surface area contributed by atoms with Gasteiger partial charge in [0.2, 0.25) is 5.91 Å². The monoisotopic (exact) mass is 441 g/mol. The number of aromatic nitrogens is 6. The highest BCUT2D eigenvalue weighted by molar-refractivity contribution is 6.32. The molecule has 1 aliphatic carbocycles. The first-order chi connectivity index (χ1) is 14.3. The molecular formula is C20H17Cl2N7O. The molecule has 1 atom stereocenters. The number of nitrogens with one attached hydrogen (secondary N) is 1. The molecule has 4 heterocycles. The maximum Gasteiger partial charge on any atom is 0.232 e. The summed E-state index contributed by atoms with van der Waals surface area (Å²) in [6.07, 6.45) is 7.33. The molecule has 1 aliphatic rings. The van der Waals surface area contributed by atoms with E-state index in [9.17, 15) is 4.79 Å². The van der Waals surface area contributed by atoms with Gasteiger partial charge in [0, 0.05) is 35.6 Å². The molecule has 5 rings (SSSR count). The Morgan fingerprint density at radius 1 is 1.23 bits per heavy atom. The summed E-state index contributed by atoms with van der Waals surface area (Å²) < 4.78 is 3.30. The van der Waals surface area contributed by atoms with Crippen LogP contribution in [0, 0.1) is 0 Å². The molecule has 10 heteroatoms. The Bertz CT molecular complexity index is 1280. The highest BCUT2D eigenvalue weighted by Gasteiger charge is 2.43. The lowest BCUT2D eigenvalue weighted by molar-refractivity contribution is -0.117. The Hall–Kier alpha value is -2.97. The van der Waals surface area contributed by atoms with Gasteiger partial charge in [-0.3, -0.25) is 4.79 Å². The molecule has 0 aliphatic heterocycles. The molecule has 0 saturated heterocycles. The smallest absolute Gasteiger partial charge is 0.232 e. The molecule has 8 nitrogen and oxygen atoms in total. The summed E-state index contributed by atoms with van der Waals surface area (Å²) in [7, 11) is 0. The minimum Gasteiger partial charge on any atom is -0.324 e. The molecule has 0 bridgehead atoms. The number of halogens is 2. The highest BCUT2D eigenvalue weighted by atomic mass is 35.5. The normalized spacial score (nSPS) is 17.3. The third kappa shape index (κ3) is 3.03. The van der Waals surface area contributed by atoms with E-state index < -0.39 is 0 Å². The standard InChI is InChI=1S/C20H17Cl2N7O/c1-20(2)8-12(13-10-23-16-7-15(22)27-29(16)17(13)20)19(30)26-11-6-14(21)18(24-9-11)28-5-3-4-25-28/h3-7,9-10,12H,8H2,1-2H3,(H,26,30)/t12-/m1/s1. The molecule has 152 valence electrons. The molecule has 1 N–H and O–H groups in total. The predicted molar refractivity (Wildman–Crippen MR) is 113 cm³/mol. The zero-order chi connectivity index (χ0) is 21.0. The number of nitrogens with zero attached hydrogens (tertiary/aromatic N) is 6. The van der Waals surface area contributed by atoms with Gasteiger partial charge in [0.1, 0.15) is 0 Å².